The molecule has 2 aromatic carbocycles. The Balaban J connectivity index is 1.38. The molecule has 0 unspecified atom stereocenters. The molecule has 0 spiro atoms. The second kappa shape index (κ2) is 7.56. The minimum atomic E-state index is -0.423. The third-order valence-electron chi connectivity index (χ3n) is 3.65. The molecule has 0 bridgehead atoms. The topological polar surface area (TPSA) is 77.2 Å². The number of aromatic nitrogens is 2. The average molecular weight is 420 g/mol. The van der Waals surface area contributed by atoms with Gasteiger partial charge in [-0.1, -0.05) is 58.6 Å². The van der Waals surface area contributed by atoms with Crippen molar-refractivity contribution in [3.8, 4) is 17.2 Å². The maximum Gasteiger partial charge on any atom is 0.322 e. The van der Waals surface area contributed by atoms with E-state index in [-0.39, 0.29) is 18.5 Å². The summed E-state index contributed by atoms with van der Waals surface area (Å²) in [6.07, 6.45) is 0. The quantitative estimate of drug-likeness (QED) is 0.476. The van der Waals surface area contributed by atoms with Gasteiger partial charge in [-0.15, -0.1) is 16.4 Å². The van der Waals surface area contributed by atoms with Crippen molar-refractivity contribution < 1.29 is 13.9 Å². The van der Waals surface area contributed by atoms with E-state index < -0.39 is 5.91 Å². The number of hydrogen-bond acceptors (Lipinski definition) is 6. The highest BCUT2D eigenvalue weighted by molar-refractivity contribution is 7.20. The number of hydrogen-bond donors (Lipinski definition) is 1. The summed E-state index contributed by atoms with van der Waals surface area (Å²) in [6.45, 7) is -0.193. The number of nitrogens with one attached hydrogen (secondary N) is 1. The lowest BCUT2D eigenvalue weighted by Crippen LogP contribution is -2.20. The number of thiophene rings is 1. The number of nitrogens with zero attached hydrogens (tertiary/aromatic N) is 2. The number of halogens is 2. The Morgan fingerprint density at radius 3 is 2.70 bits per heavy atom. The molecule has 9 heteroatoms. The Kier molecular flexibility index (Phi) is 4.98. The number of fused-ring (bicyclic) bond motifs is 1. The highest BCUT2D eigenvalue weighted by Gasteiger charge is 2.16. The maximum absolute atomic E-state index is 12.1. The Hall–Kier alpha value is -2.61. The van der Waals surface area contributed by atoms with E-state index in [2.05, 4.69) is 15.5 Å². The van der Waals surface area contributed by atoms with Crippen LogP contribution in [0.15, 0.2) is 52.9 Å². The molecule has 0 atom stereocenters. The molecule has 0 saturated heterocycles. The smallest absolute Gasteiger partial charge is 0.322 e. The maximum atomic E-state index is 12.1. The molecule has 4 rings (SSSR count). The molecule has 0 fully saturated rings. The van der Waals surface area contributed by atoms with E-state index in [1.165, 1.54) is 11.3 Å². The molecule has 0 aliphatic carbocycles. The van der Waals surface area contributed by atoms with Gasteiger partial charge in [0.05, 0.1) is 9.90 Å². The van der Waals surface area contributed by atoms with Gasteiger partial charge in [0, 0.05) is 0 Å². The fourth-order valence-electron chi connectivity index (χ4n) is 2.43. The summed E-state index contributed by atoms with van der Waals surface area (Å²) in [5.41, 5.74) is 0.520. The molecule has 0 aliphatic rings. The monoisotopic (exact) mass is 419 g/mol. The number of benzene rings is 2. The van der Waals surface area contributed by atoms with Crippen LogP contribution in [0.2, 0.25) is 8.67 Å². The van der Waals surface area contributed by atoms with E-state index in [0.29, 0.717) is 20.0 Å². The molecule has 0 saturated carbocycles. The van der Waals surface area contributed by atoms with Crippen molar-refractivity contribution in [1.82, 2.24) is 10.2 Å². The molecule has 1 N–H and O–H groups in total. The van der Waals surface area contributed by atoms with Crippen LogP contribution in [0, 0.1) is 0 Å². The van der Waals surface area contributed by atoms with Gasteiger partial charge >= 0.3 is 6.01 Å². The standard InChI is InChI=1S/C18H11Cl2N3O3S/c19-14-8-13(16(20)27-14)17-22-23-18(26-17)21-15(24)9-25-12-6-5-10-3-1-2-4-11(10)7-12/h1-8H,9H2,(H,21,23,24). The first-order valence-electron chi connectivity index (χ1n) is 7.78. The van der Waals surface area contributed by atoms with E-state index in [4.69, 9.17) is 32.4 Å². The molecule has 4 aromatic rings. The average Bonchev–Trinajstić information content (AvgIpc) is 3.25. The van der Waals surface area contributed by atoms with Gasteiger partial charge in [0.1, 0.15) is 10.1 Å². The first-order valence-corrected chi connectivity index (χ1v) is 9.36. The Morgan fingerprint density at radius 1 is 1.11 bits per heavy atom. The third kappa shape index (κ3) is 4.05. The van der Waals surface area contributed by atoms with Crippen molar-refractivity contribution in [1.29, 1.82) is 0 Å². The molecule has 2 aromatic heterocycles. The number of carbonyl (C=O) groups is 1. The summed E-state index contributed by atoms with van der Waals surface area (Å²) in [5.74, 6) is 0.344. The van der Waals surface area contributed by atoms with Crippen LogP contribution in [-0.4, -0.2) is 22.7 Å². The van der Waals surface area contributed by atoms with Gasteiger partial charge in [-0.3, -0.25) is 10.1 Å². The number of rotatable bonds is 5. The predicted molar refractivity (Wildman–Crippen MR) is 106 cm³/mol. The van der Waals surface area contributed by atoms with Crippen molar-refractivity contribution >= 4 is 57.2 Å². The lowest BCUT2D eigenvalue weighted by Gasteiger charge is -2.06. The Labute approximate surface area is 167 Å². The van der Waals surface area contributed by atoms with E-state index in [9.17, 15) is 4.79 Å². The highest BCUT2D eigenvalue weighted by Crippen LogP contribution is 2.37. The van der Waals surface area contributed by atoms with E-state index in [1.54, 1.807) is 6.07 Å². The van der Waals surface area contributed by atoms with Gasteiger partial charge in [0.2, 0.25) is 0 Å². The molecular weight excluding hydrogens is 409 g/mol. The van der Waals surface area contributed by atoms with Gasteiger partial charge in [0.15, 0.2) is 6.61 Å². The first kappa shape index (κ1) is 17.8. The zero-order valence-electron chi connectivity index (χ0n) is 13.6. The summed E-state index contributed by atoms with van der Waals surface area (Å²) in [7, 11) is 0. The molecule has 0 radical (unpaired) electrons. The lowest BCUT2D eigenvalue weighted by molar-refractivity contribution is -0.118. The SMILES string of the molecule is O=C(COc1ccc2ccccc2c1)Nc1nnc(-c2cc(Cl)sc2Cl)o1. The van der Waals surface area contributed by atoms with E-state index in [0.717, 1.165) is 10.8 Å². The zero-order valence-corrected chi connectivity index (χ0v) is 15.9. The van der Waals surface area contributed by atoms with E-state index in [1.807, 2.05) is 42.5 Å². The summed E-state index contributed by atoms with van der Waals surface area (Å²) in [5, 5.41) is 12.3. The number of amides is 1. The first-order chi connectivity index (χ1) is 13.1. The van der Waals surface area contributed by atoms with Crippen molar-refractivity contribution in [2.45, 2.75) is 0 Å². The van der Waals surface area contributed by atoms with Crippen molar-refractivity contribution in [3.63, 3.8) is 0 Å². The Morgan fingerprint density at radius 2 is 1.93 bits per heavy atom. The van der Waals surface area contributed by atoms with Crippen LogP contribution in [0.3, 0.4) is 0 Å². The lowest BCUT2D eigenvalue weighted by atomic mass is 10.1. The summed E-state index contributed by atoms with van der Waals surface area (Å²) >= 11 is 13.1. The third-order valence-corrected chi connectivity index (χ3v) is 5.14. The van der Waals surface area contributed by atoms with Gasteiger partial charge < -0.3 is 9.15 Å². The largest absolute Gasteiger partial charge is 0.484 e. The van der Waals surface area contributed by atoms with Crippen LogP contribution in [0.4, 0.5) is 6.01 Å². The molecule has 136 valence electrons. The second-order valence-corrected chi connectivity index (χ2v) is 7.78. The summed E-state index contributed by atoms with van der Waals surface area (Å²) < 4.78 is 11.9. The zero-order chi connectivity index (χ0) is 18.8. The van der Waals surface area contributed by atoms with Gasteiger partial charge in [-0.05, 0) is 29.0 Å². The molecule has 0 aliphatic heterocycles. The molecular formula is C18H11Cl2N3O3S. The fourth-order valence-corrected chi connectivity index (χ4v) is 3.88. The minimum absolute atomic E-state index is 0.0458. The fraction of sp³-hybridized carbons (Fsp3) is 0.0556. The van der Waals surface area contributed by atoms with Crippen LogP contribution in [0.5, 0.6) is 5.75 Å². The highest BCUT2D eigenvalue weighted by atomic mass is 35.5. The van der Waals surface area contributed by atoms with Crippen LogP contribution >= 0.6 is 34.5 Å². The van der Waals surface area contributed by atoms with Crippen LogP contribution < -0.4 is 10.1 Å². The Bertz CT molecular complexity index is 1130. The molecule has 27 heavy (non-hydrogen) atoms. The van der Waals surface area contributed by atoms with Crippen molar-refractivity contribution in [3.05, 3.63) is 57.2 Å². The normalized spacial score (nSPS) is 10.9. The van der Waals surface area contributed by atoms with Gasteiger partial charge in [-0.25, -0.2) is 0 Å². The van der Waals surface area contributed by atoms with Gasteiger partial charge in [0.25, 0.3) is 11.8 Å². The van der Waals surface area contributed by atoms with Crippen LogP contribution in [0.1, 0.15) is 0 Å². The second-order valence-electron chi connectivity index (χ2n) is 5.50. The van der Waals surface area contributed by atoms with Crippen molar-refractivity contribution in [2.24, 2.45) is 0 Å². The van der Waals surface area contributed by atoms with Crippen molar-refractivity contribution in [2.75, 3.05) is 11.9 Å². The van der Waals surface area contributed by atoms with Crippen LogP contribution in [0.25, 0.3) is 22.2 Å². The van der Waals surface area contributed by atoms with Gasteiger partial charge in [-0.2, -0.15) is 0 Å². The number of carbonyl (C=O) groups excluding carboxylic acids is 1. The number of ether oxygens (including phenoxy) is 1. The number of anilines is 1. The summed E-state index contributed by atoms with van der Waals surface area (Å²) in [6, 6.07) is 15.1. The van der Waals surface area contributed by atoms with E-state index >= 15 is 0 Å². The summed E-state index contributed by atoms with van der Waals surface area (Å²) in [4.78, 5) is 12.1. The molecule has 2 heterocycles. The van der Waals surface area contributed by atoms with Crippen LogP contribution in [-0.2, 0) is 4.79 Å². The minimum Gasteiger partial charge on any atom is -0.484 e. The predicted octanol–water partition coefficient (Wildman–Crippen LogP) is 5.28. The molecule has 6 nitrogen and oxygen atoms in total. The molecule has 1 amide bonds.